The highest BCUT2D eigenvalue weighted by molar-refractivity contribution is 6.12. The van der Waals surface area contributed by atoms with Crippen molar-refractivity contribution >= 4 is 46.7 Å². The number of carbonyl (C=O) groups is 6. The van der Waals surface area contributed by atoms with Crippen LogP contribution >= 0.6 is 0 Å². The maximum absolute atomic E-state index is 13.3. The van der Waals surface area contributed by atoms with Crippen LogP contribution in [0, 0.1) is 28.7 Å². The standard InChI is InChI=1S/C51H71N7O7/c1-38(2)49(55-45(61)17-11-9-15-29-58-47(63)23-24-48(58)64)44(60)32-39(3)50(65)54-42-21-19-41(20-22-42)34-57-30-25-40(26-31-57)33-43(53-37-52)16-10-7-5-6-8-12-18-46(62)56(4)35-51(36-59)27-13-14-28-51/h19-26,30-31,38-39,49,59H,5-18,27-29,32-36H2,1-4H3,(H-,54,55,61,65)/p+1/t39-,49+/m1/s1. The minimum Gasteiger partial charge on any atom is -0.396 e. The van der Waals surface area contributed by atoms with Crippen molar-refractivity contribution < 1.29 is 38.4 Å². The highest BCUT2D eigenvalue weighted by atomic mass is 16.3. The molecule has 14 heteroatoms. The van der Waals surface area contributed by atoms with E-state index in [1.54, 1.807) is 6.92 Å². The molecule has 352 valence electrons. The quantitative estimate of drug-likeness (QED) is 0.0262. The van der Waals surface area contributed by atoms with Crippen LogP contribution in [0.4, 0.5) is 5.69 Å². The summed E-state index contributed by atoms with van der Waals surface area (Å²) in [5.74, 6) is -1.98. The van der Waals surface area contributed by atoms with Crippen molar-refractivity contribution in [2.75, 3.05) is 32.1 Å². The van der Waals surface area contributed by atoms with E-state index < -0.39 is 12.0 Å². The first-order valence-corrected chi connectivity index (χ1v) is 23.7. The van der Waals surface area contributed by atoms with Crippen LogP contribution in [0.5, 0.6) is 0 Å². The van der Waals surface area contributed by atoms with Gasteiger partial charge in [-0.3, -0.25) is 33.7 Å². The molecule has 0 saturated heterocycles. The highest BCUT2D eigenvalue weighted by Crippen LogP contribution is 2.38. The molecule has 4 rings (SSSR count). The van der Waals surface area contributed by atoms with Gasteiger partial charge in [0.2, 0.25) is 23.9 Å². The summed E-state index contributed by atoms with van der Waals surface area (Å²) in [5.41, 5.74) is 3.50. The number of hydrogen-bond donors (Lipinski definition) is 3. The SMILES string of the molecule is CC(C)[C@H](NC(=O)CCCCCN1C(=O)C=CC1=O)C(=O)C[C@@H](C)C(=O)Nc1ccc(C[n+]2ccc(CC(CCCCCCCCC(=O)N(C)CC3(CO)CCCC3)=NC#N)cc2)cc1. The zero-order chi connectivity index (χ0) is 47.2. The Morgan fingerprint density at radius 1 is 0.846 bits per heavy atom. The smallest absolute Gasteiger partial charge is 0.253 e. The van der Waals surface area contributed by atoms with E-state index in [0.29, 0.717) is 57.4 Å². The van der Waals surface area contributed by atoms with Gasteiger partial charge in [0.15, 0.2) is 24.7 Å². The van der Waals surface area contributed by atoms with E-state index in [9.17, 15) is 39.1 Å². The summed E-state index contributed by atoms with van der Waals surface area (Å²) >= 11 is 0. The number of nitriles is 1. The van der Waals surface area contributed by atoms with Crippen molar-refractivity contribution in [3.8, 4) is 6.19 Å². The molecule has 1 aliphatic heterocycles. The third kappa shape index (κ3) is 17.7. The number of hydrogen-bond acceptors (Lipinski definition) is 9. The van der Waals surface area contributed by atoms with Gasteiger partial charge in [-0.15, -0.1) is 0 Å². The van der Waals surface area contributed by atoms with Gasteiger partial charge in [-0.2, -0.15) is 10.3 Å². The maximum Gasteiger partial charge on any atom is 0.253 e. The van der Waals surface area contributed by atoms with Crippen LogP contribution in [0.3, 0.4) is 0 Å². The van der Waals surface area contributed by atoms with E-state index in [4.69, 9.17) is 0 Å². The molecule has 3 N–H and O–H groups in total. The number of aliphatic hydroxyl groups is 1. The number of unbranched alkanes of at least 4 members (excludes halogenated alkanes) is 7. The normalized spacial score (nSPS) is 15.5. The lowest BCUT2D eigenvalue weighted by atomic mass is 9.86. The third-order valence-corrected chi connectivity index (χ3v) is 12.7. The number of carbonyl (C=O) groups excluding carboxylic acids is 6. The number of amides is 5. The lowest BCUT2D eigenvalue weighted by Gasteiger charge is -2.31. The first-order valence-electron chi connectivity index (χ1n) is 23.7. The fourth-order valence-corrected chi connectivity index (χ4v) is 8.73. The van der Waals surface area contributed by atoms with E-state index in [1.807, 2.05) is 80.8 Å². The zero-order valence-corrected chi connectivity index (χ0v) is 39.2. The number of aliphatic imine (C=N–C) groups is 1. The Balaban J connectivity index is 1.10. The Labute approximate surface area is 385 Å². The van der Waals surface area contributed by atoms with Crippen molar-refractivity contribution in [1.82, 2.24) is 15.1 Å². The Bertz CT molecular complexity index is 1980. The molecule has 1 saturated carbocycles. The van der Waals surface area contributed by atoms with Crippen molar-refractivity contribution in [1.29, 1.82) is 5.26 Å². The molecule has 0 spiro atoms. The van der Waals surface area contributed by atoms with Gasteiger partial charge in [-0.05, 0) is 68.6 Å². The van der Waals surface area contributed by atoms with Crippen molar-refractivity contribution in [2.24, 2.45) is 22.2 Å². The van der Waals surface area contributed by atoms with E-state index in [-0.39, 0.29) is 66.1 Å². The van der Waals surface area contributed by atoms with Gasteiger partial charge in [0.1, 0.15) is 0 Å². The Morgan fingerprint density at radius 3 is 2.06 bits per heavy atom. The second kappa shape index (κ2) is 27.0. The number of benzene rings is 1. The molecular weight excluding hydrogens is 823 g/mol. The molecule has 1 aromatic heterocycles. The maximum atomic E-state index is 13.3. The van der Waals surface area contributed by atoms with Gasteiger partial charge in [-0.1, -0.05) is 77.8 Å². The average Bonchev–Trinajstić information content (AvgIpc) is 3.89. The predicted octanol–water partition coefficient (Wildman–Crippen LogP) is 6.78. The molecule has 5 amide bonds. The first kappa shape index (κ1) is 52.1. The molecule has 65 heavy (non-hydrogen) atoms. The minimum atomic E-state index is -0.717. The van der Waals surface area contributed by atoms with Crippen LogP contribution in [0.1, 0.15) is 141 Å². The Hall–Kier alpha value is -5.55. The number of anilines is 1. The van der Waals surface area contributed by atoms with Gasteiger partial charge in [-0.25, -0.2) is 4.57 Å². The molecule has 2 atom stereocenters. The zero-order valence-electron chi connectivity index (χ0n) is 39.2. The van der Waals surface area contributed by atoms with Crippen LogP contribution in [-0.4, -0.2) is 88.7 Å². The number of aliphatic hydroxyl groups excluding tert-OH is 1. The van der Waals surface area contributed by atoms with Crippen LogP contribution in [0.15, 0.2) is 65.9 Å². The van der Waals surface area contributed by atoms with Gasteiger partial charge in [0, 0.05) is 98.4 Å². The van der Waals surface area contributed by atoms with Crippen LogP contribution < -0.4 is 15.2 Å². The van der Waals surface area contributed by atoms with Crippen LogP contribution in [-0.2, 0) is 41.7 Å². The van der Waals surface area contributed by atoms with E-state index >= 15 is 0 Å². The molecule has 2 aliphatic rings. The molecule has 1 aliphatic carbocycles. The second-order valence-electron chi connectivity index (χ2n) is 18.6. The number of nitrogens with one attached hydrogen (secondary N) is 2. The molecule has 1 aromatic carbocycles. The van der Waals surface area contributed by atoms with Crippen LogP contribution in [0.2, 0.25) is 0 Å². The fourth-order valence-electron chi connectivity index (χ4n) is 8.73. The molecule has 2 heterocycles. The number of pyridine rings is 1. The summed E-state index contributed by atoms with van der Waals surface area (Å²) in [6.07, 6.45) is 22.7. The predicted molar refractivity (Wildman–Crippen MR) is 250 cm³/mol. The monoisotopic (exact) mass is 895 g/mol. The molecule has 2 aromatic rings. The molecule has 0 unspecified atom stereocenters. The summed E-state index contributed by atoms with van der Waals surface area (Å²) in [6, 6.07) is 10.9. The number of ketones is 1. The minimum absolute atomic E-state index is 0.0201. The van der Waals surface area contributed by atoms with Gasteiger partial charge >= 0.3 is 0 Å². The first-order chi connectivity index (χ1) is 31.2. The molecule has 0 bridgehead atoms. The van der Waals surface area contributed by atoms with E-state index in [0.717, 1.165) is 87.5 Å². The van der Waals surface area contributed by atoms with Crippen molar-refractivity contribution in [3.63, 3.8) is 0 Å². The van der Waals surface area contributed by atoms with Crippen molar-refractivity contribution in [2.45, 2.75) is 149 Å². The number of rotatable bonds is 29. The van der Waals surface area contributed by atoms with Gasteiger partial charge in [0.25, 0.3) is 11.8 Å². The Morgan fingerprint density at radius 2 is 1.45 bits per heavy atom. The van der Waals surface area contributed by atoms with Gasteiger partial charge < -0.3 is 20.6 Å². The lowest BCUT2D eigenvalue weighted by molar-refractivity contribution is -0.688. The van der Waals surface area contributed by atoms with E-state index in [1.165, 1.54) is 17.1 Å². The number of Topliss-reactive ketones (excluding diaryl/α,β-unsaturated/α-hetero) is 1. The van der Waals surface area contributed by atoms with E-state index in [2.05, 4.69) is 20.2 Å². The largest absolute Gasteiger partial charge is 0.396 e. The summed E-state index contributed by atoms with van der Waals surface area (Å²) in [6.45, 7) is 7.15. The summed E-state index contributed by atoms with van der Waals surface area (Å²) in [7, 11) is 1.87. The fraction of sp³-hybridized carbons (Fsp3) is 0.588. The molecule has 1 fully saturated rings. The van der Waals surface area contributed by atoms with Crippen LogP contribution in [0.25, 0.3) is 0 Å². The lowest BCUT2D eigenvalue weighted by Crippen LogP contribution is -2.45. The molecular formula is C51H72N7O7+. The van der Waals surface area contributed by atoms with Gasteiger partial charge in [0.05, 0.1) is 12.6 Å². The number of nitrogens with zero attached hydrogens (tertiary/aromatic N) is 5. The third-order valence-electron chi connectivity index (χ3n) is 12.7. The summed E-state index contributed by atoms with van der Waals surface area (Å²) in [5, 5.41) is 25.0. The molecule has 0 radical (unpaired) electrons. The summed E-state index contributed by atoms with van der Waals surface area (Å²) < 4.78 is 2.06. The molecule has 14 nitrogen and oxygen atoms in total. The summed E-state index contributed by atoms with van der Waals surface area (Å²) in [4.78, 5) is 82.2. The topological polar surface area (TPSA) is 193 Å². The van der Waals surface area contributed by atoms with Crippen molar-refractivity contribution in [3.05, 3.63) is 72.1 Å². The Kier molecular flexibility index (Phi) is 21.7. The number of aromatic nitrogens is 1. The average molecular weight is 895 g/mol. The highest BCUT2D eigenvalue weighted by Gasteiger charge is 2.35. The number of imide groups is 1. The second-order valence-corrected chi connectivity index (χ2v) is 18.6.